The lowest BCUT2D eigenvalue weighted by molar-refractivity contribution is -0.135. The molecule has 0 bridgehead atoms. The van der Waals surface area contributed by atoms with Crippen molar-refractivity contribution in [3.05, 3.63) is 16.1 Å². The summed E-state index contributed by atoms with van der Waals surface area (Å²) in [6.45, 7) is 1.91. The topological polar surface area (TPSA) is 88.3 Å². The van der Waals surface area contributed by atoms with Gasteiger partial charge in [-0.2, -0.15) is 0 Å². The highest BCUT2D eigenvalue weighted by Gasteiger charge is 2.32. The number of nitrogens with zero attached hydrogens (tertiary/aromatic N) is 2. The molecule has 8 heteroatoms. The zero-order valence-corrected chi connectivity index (χ0v) is 16.0. The van der Waals surface area contributed by atoms with Crippen LogP contribution in [0.25, 0.3) is 0 Å². The van der Waals surface area contributed by atoms with Crippen molar-refractivity contribution in [1.82, 2.24) is 15.2 Å². The number of halogens is 1. The molecule has 1 saturated carbocycles. The first kappa shape index (κ1) is 20.1. The number of carbonyl (C=O) groups is 2. The van der Waals surface area contributed by atoms with Gasteiger partial charge in [0.15, 0.2) is 0 Å². The van der Waals surface area contributed by atoms with Crippen LogP contribution in [0.3, 0.4) is 0 Å². The zero-order chi connectivity index (χ0) is 16.9. The first-order valence-electron chi connectivity index (χ1n) is 8.91. The number of aromatic nitrogens is 1. The molecule has 6 nitrogen and oxygen atoms in total. The van der Waals surface area contributed by atoms with Crippen molar-refractivity contribution in [3.8, 4) is 0 Å². The summed E-state index contributed by atoms with van der Waals surface area (Å²) in [5, 5.41) is 5.69. The molecule has 2 aliphatic rings. The molecule has 2 amide bonds. The molecular formula is C17H27ClN4O2S. The average Bonchev–Trinajstić information content (AvgIpc) is 3.25. The third-order valence-electron chi connectivity index (χ3n) is 4.93. The SMILES string of the molecule is Cl.NCCc1nc(C(=O)NC2CCN(C(=O)C3CCCCC3)C2)cs1. The first-order chi connectivity index (χ1) is 11.7. The Labute approximate surface area is 159 Å². The van der Waals surface area contributed by atoms with E-state index in [2.05, 4.69) is 10.3 Å². The van der Waals surface area contributed by atoms with Gasteiger partial charge in [-0.15, -0.1) is 23.7 Å². The van der Waals surface area contributed by atoms with Crippen molar-refractivity contribution >= 4 is 35.6 Å². The van der Waals surface area contributed by atoms with Gasteiger partial charge in [0, 0.05) is 36.9 Å². The molecule has 25 heavy (non-hydrogen) atoms. The summed E-state index contributed by atoms with van der Waals surface area (Å²) in [4.78, 5) is 31.1. The molecule has 140 valence electrons. The Hall–Kier alpha value is -1.18. The summed E-state index contributed by atoms with van der Waals surface area (Å²) in [7, 11) is 0. The summed E-state index contributed by atoms with van der Waals surface area (Å²) in [5.74, 6) is 0.336. The van der Waals surface area contributed by atoms with Gasteiger partial charge < -0.3 is 16.0 Å². The second-order valence-corrected chi connectivity index (χ2v) is 7.69. The summed E-state index contributed by atoms with van der Waals surface area (Å²) in [5.41, 5.74) is 5.97. The standard InChI is InChI=1S/C17H26N4O2S.ClH/c18-8-6-15-20-14(11-24-15)16(22)19-13-7-9-21(10-13)17(23)12-4-2-1-3-5-12;/h11-13H,1-10,18H2,(H,19,22);1H. The van der Waals surface area contributed by atoms with E-state index in [1.54, 1.807) is 5.38 Å². The summed E-state index contributed by atoms with van der Waals surface area (Å²) in [6, 6.07) is 0.0321. The van der Waals surface area contributed by atoms with Crippen molar-refractivity contribution in [2.45, 2.75) is 51.0 Å². The lowest BCUT2D eigenvalue weighted by Crippen LogP contribution is -2.40. The molecule has 1 aliphatic carbocycles. The van der Waals surface area contributed by atoms with Gasteiger partial charge in [-0.3, -0.25) is 9.59 Å². The second-order valence-electron chi connectivity index (χ2n) is 6.74. The summed E-state index contributed by atoms with van der Waals surface area (Å²) in [6.07, 6.45) is 7.15. The number of likely N-dealkylation sites (tertiary alicyclic amines) is 1. The van der Waals surface area contributed by atoms with Crippen molar-refractivity contribution < 1.29 is 9.59 Å². The maximum absolute atomic E-state index is 12.6. The molecule has 0 spiro atoms. The van der Waals surface area contributed by atoms with Crippen LogP contribution in [-0.4, -0.2) is 47.4 Å². The first-order valence-corrected chi connectivity index (χ1v) is 9.79. The molecular weight excluding hydrogens is 360 g/mol. The molecule has 3 rings (SSSR count). The van der Waals surface area contributed by atoms with Crippen molar-refractivity contribution in [3.63, 3.8) is 0 Å². The number of hydrogen-bond acceptors (Lipinski definition) is 5. The third-order valence-corrected chi connectivity index (χ3v) is 5.84. The van der Waals surface area contributed by atoms with Crippen molar-refractivity contribution in [2.75, 3.05) is 19.6 Å². The smallest absolute Gasteiger partial charge is 0.271 e. The van der Waals surface area contributed by atoms with Gasteiger partial charge in [0.25, 0.3) is 5.91 Å². The number of nitrogens with one attached hydrogen (secondary N) is 1. The van der Waals surface area contributed by atoms with E-state index in [-0.39, 0.29) is 36.2 Å². The number of amides is 2. The molecule has 1 saturated heterocycles. The van der Waals surface area contributed by atoms with E-state index in [0.717, 1.165) is 30.8 Å². The Kier molecular flexibility index (Phi) is 7.65. The maximum atomic E-state index is 12.6. The maximum Gasteiger partial charge on any atom is 0.271 e. The normalized spacial score (nSPS) is 21.0. The van der Waals surface area contributed by atoms with Crippen LogP contribution < -0.4 is 11.1 Å². The Morgan fingerprint density at radius 3 is 2.76 bits per heavy atom. The van der Waals surface area contributed by atoms with E-state index >= 15 is 0 Å². The van der Waals surface area contributed by atoms with E-state index < -0.39 is 0 Å². The van der Waals surface area contributed by atoms with E-state index in [0.29, 0.717) is 25.2 Å². The molecule has 1 aromatic heterocycles. The molecule has 0 radical (unpaired) electrons. The van der Waals surface area contributed by atoms with Crippen LogP contribution in [0.15, 0.2) is 5.38 Å². The minimum Gasteiger partial charge on any atom is -0.346 e. The van der Waals surface area contributed by atoms with Crippen LogP contribution in [0, 0.1) is 5.92 Å². The van der Waals surface area contributed by atoms with Crippen LogP contribution in [0.5, 0.6) is 0 Å². The van der Waals surface area contributed by atoms with Gasteiger partial charge in [-0.05, 0) is 25.8 Å². The molecule has 0 aromatic carbocycles. The van der Waals surface area contributed by atoms with E-state index in [1.165, 1.54) is 30.6 Å². The van der Waals surface area contributed by atoms with Crippen molar-refractivity contribution in [2.24, 2.45) is 11.7 Å². The van der Waals surface area contributed by atoms with Gasteiger partial charge in [0.1, 0.15) is 5.69 Å². The minimum absolute atomic E-state index is 0. The molecule has 2 fully saturated rings. The Morgan fingerprint density at radius 2 is 2.04 bits per heavy atom. The monoisotopic (exact) mass is 386 g/mol. The Morgan fingerprint density at radius 1 is 1.28 bits per heavy atom. The molecule has 1 aliphatic heterocycles. The second kappa shape index (κ2) is 9.50. The van der Waals surface area contributed by atoms with Crippen LogP contribution in [-0.2, 0) is 11.2 Å². The number of hydrogen-bond donors (Lipinski definition) is 2. The average molecular weight is 387 g/mol. The van der Waals surface area contributed by atoms with Crippen LogP contribution in [0.2, 0.25) is 0 Å². The van der Waals surface area contributed by atoms with Gasteiger partial charge in [-0.25, -0.2) is 4.98 Å². The molecule has 1 aromatic rings. The van der Waals surface area contributed by atoms with E-state index in [4.69, 9.17) is 5.73 Å². The van der Waals surface area contributed by atoms with Gasteiger partial charge in [0.2, 0.25) is 5.91 Å². The largest absolute Gasteiger partial charge is 0.346 e. The fourth-order valence-electron chi connectivity index (χ4n) is 3.60. The predicted molar refractivity (Wildman–Crippen MR) is 101 cm³/mol. The molecule has 3 N–H and O–H groups in total. The summed E-state index contributed by atoms with van der Waals surface area (Å²) < 4.78 is 0. The van der Waals surface area contributed by atoms with Crippen LogP contribution >= 0.6 is 23.7 Å². The Bertz CT molecular complexity index is 589. The number of thiazole rings is 1. The van der Waals surface area contributed by atoms with E-state index in [9.17, 15) is 9.59 Å². The van der Waals surface area contributed by atoms with Crippen LogP contribution in [0.4, 0.5) is 0 Å². The predicted octanol–water partition coefficient (Wildman–Crippen LogP) is 1.98. The highest BCUT2D eigenvalue weighted by atomic mass is 35.5. The molecule has 2 heterocycles. The summed E-state index contributed by atoms with van der Waals surface area (Å²) >= 11 is 1.47. The van der Waals surface area contributed by atoms with Gasteiger partial charge in [-0.1, -0.05) is 19.3 Å². The lowest BCUT2D eigenvalue weighted by Gasteiger charge is -2.26. The number of nitrogens with two attached hydrogens (primary N) is 1. The highest BCUT2D eigenvalue weighted by molar-refractivity contribution is 7.09. The third kappa shape index (κ3) is 5.15. The fraction of sp³-hybridized carbons (Fsp3) is 0.706. The van der Waals surface area contributed by atoms with Crippen LogP contribution in [0.1, 0.15) is 54.0 Å². The molecule has 1 atom stereocenters. The number of rotatable bonds is 5. The quantitative estimate of drug-likeness (QED) is 0.809. The van der Waals surface area contributed by atoms with E-state index in [1.807, 2.05) is 4.90 Å². The van der Waals surface area contributed by atoms with Gasteiger partial charge >= 0.3 is 0 Å². The number of carbonyl (C=O) groups excluding carboxylic acids is 2. The lowest BCUT2D eigenvalue weighted by atomic mass is 9.88. The fourth-order valence-corrected chi connectivity index (χ4v) is 4.39. The zero-order valence-electron chi connectivity index (χ0n) is 14.4. The minimum atomic E-state index is -0.147. The molecule has 1 unspecified atom stereocenters. The highest BCUT2D eigenvalue weighted by Crippen LogP contribution is 2.26. The van der Waals surface area contributed by atoms with Crippen molar-refractivity contribution in [1.29, 1.82) is 0 Å². The van der Waals surface area contributed by atoms with Gasteiger partial charge in [0.05, 0.1) is 5.01 Å². The Balaban J connectivity index is 0.00000225.